The van der Waals surface area contributed by atoms with Crippen molar-refractivity contribution in [3.8, 4) is 0 Å². The molecule has 1 atom stereocenters. The molecular weight excluding hydrogens is 271 g/mol. The Labute approximate surface area is 129 Å². The van der Waals surface area contributed by atoms with Crippen LogP contribution in [0.2, 0.25) is 0 Å². The fourth-order valence-corrected chi connectivity index (χ4v) is 3.56. The van der Waals surface area contributed by atoms with E-state index in [-0.39, 0.29) is 35.3 Å². The molecule has 0 fully saturated rings. The van der Waals surface area contributed by atoms with Gasteiger partial charge in [-0.25, -0.2) is 0 Å². The Balaban J connectivity index is 0.00000225. The van der Waals surface area contributed by atoms with Crippen LogP contribution < -0.4 is 29.6 Å². The fourth-order valence-electron chi connectivity index (χ4n) is 0.967. The molecule has 1 rings (SSSR count). The van der Waals surface area contributed by atoms with Gasteiger partial charge in [-0.05, 0) is 25.0 Å². The first-order valence-corrected chi connectivity index (χ1v) is 8.26. The van der Waals surface area contributed by atoms with Crippen molar-refractivity contribution in [1.82, 2.24) is 0 Å². The smallest absolute Gasteiger partial charge is 0.772 e. The molecule has 84 valence electrons. The van der Waals surface area contributed by atoms with Gasteiger partial charge in [0.25, 0.3) is 0 Å². The first-order chi connectivity index (χ1) is 7.29. The Morgan fingerprint density at radius 1 is 1.19 bits per heavy atom. The summed E-state index contributed by atoms with van der Waals surface area (Å²) >= 11 is -1.87. The molecule has 0 spiro atoms. The van der Waals surface area contributed by atoms with E-state index in [0.717, 1.165) is 18.6 Å². The SMILES string of the molecule is O=S([O-])CCCCSSc1ccccc1.[Na+]. The van der Waals surface area contributed by atoms with Crippen molar-refractivity contribution in [2.45, 2.75) is 17.7 Å². The zero-order valence-corrected chi connectivity index (χ0v) is 13.7. The Morgan fingerprint density at radius 2 is 1.88 bits per heavy atom. The minimum atomic E-state index is -1.87. The van der Waals surface area contributed by atoms with Crippen LogP contribution in [0.3, 0.4) is 0 Å². The monoisotopic (exact) mass is 284 g/mol. The Kier molecular flexibility index (Phi) is 11.9. The molecule has 0 heterocycles. The van der Waals surface area contributed by atoms with Crippen molar-refractivity contribution < 1.29 is 38.3 Å². The van der Waals surface area contributed by atoms with Crippen molar-refractivity contribution >= 4 is 32.7 Å². The van der Waals surface area contributed by atoms with Crippen LogP contribution in [-0.4, -0.2) is 20.3 Å². The van der Waals surface area contributed by atoms with Gasteiger partial charge in [0.2, 0.25) is 0 Å². The molecule has 6 heteroatoms. The molecule has 0 saturated carbocycles. The van der Waals surface area contributed by atoms with Gasteiger partial charge in [-0.1, -0.05) is 50.9 Å². The van der Waals surface area contributed by atoms with E-state index in [0.29, 0.717) is 0 Å². The third kappa shape index (κ3) is 9.10. The zero-order chi connectivity index (χ0) is 10.9. The van der Waals surface area contributed by atoms with Gasteiger partial charge in [-0.3, -0.25) is 4.21 Å². The van der Waals surface area contributed by atoms with E-state index < -0.39 is 11.1 Å². The summed E-state index contributed by atoms with van der Waals surface area (Å²) in [6, 6.07) is 10.2. The molecule has 0 aliphatic heterocycles. The van der Waals surface area contributed by atoms with Gasteiger partial charge in [0, 0.05) is 16.4 Å². The molecule has 0 aromatic heterocycles. The Morgan fingerprint density at radius 3 is 2.50 bits per heavy atom. The largest absolute Gasteiger partial charge is 1.00 e. The molecule has 1 aromatic rings. The molecule has 0 saturated heterocycles. The molecule has 0 N–H and O–H groups in total. The molecule has 2 nitrogen and oxygen atoms in total. The topological polar surface area (TPSA) is 40.1 Å². The third-order valence-corrected chi connectivity index (χ3v) is 4.78. The van der Waals surface area contributed by atoms with Gasteiger partial charge >= 0.3 is 29.6 Å². The second-order valence-corrected chi connectivity index (χ2v) is 6.44. The predicted molar refractivity (Wildman–Crippen MR) is 67.8 cm³/mol. The van der Waals surface area contributed by atoms with Crippen molar-refractivity contribution in [2.24, 2.45) is 0 Å². The molecular formula is C10H13NaO2S3. The first-order valence-electron chi connectivity index (χ1n) is 4.69. The normalized spacial score (nSPS) is 11.8. The van der Waals surface area contributed by atoms with E-state index in [1.54, 1.807) is 21.6 Å². The van der Waals surface area contributed by atoms with Crippen LogP contribution in [-0.2, 0) is 11.1 Å². The fraction of sp³-hybridized carbons (Fsp3) is 0.400. The average Bonchev–Trinajstić information content (AvgIpc) is 2.24. The molecule has 0 bridgehead atoms. The quantitative estimate of drug-likeness (QED) is 0.308. The van der Waals surface area contributed by atoms with Crippen LogP contribution in [0.4, 0.5) is 0 Å². The van der Waals surface area contributed by atoms with Gasteiger partial charge in [0.15, 0.2) is 0 Å². The van der Waals surface area contributed by atoms with Crippen LogP contribution in [0.15, 0.2) is 35.2 Å². The van der Waals surface area contributed by atoms with E-state index in [4.69, 9.17) is 0 Å². The van der Waals surface area contributed by atoms with Gasteiger partial charge < -0.3 is 4.55 Å². The average molecular weight is 284 g/mol. The maximum absolute atomic E-state index is 10.2. The summed E-state index contributed by atoms with van der Waals surface area (Å²) in [5.41, 5.74) is 0. The summed E-state index contributed by atoms with van der Waals surface area (Å²) in [6.07, 6.45) is 1.72. The predicted octanol–water partition coefficient (Wildman–Crippen LogP) is 0.0902. The Hall–Kier alpha value is 1.03. The van der Waals surface area contributed by atoms with E-state index in [1.807, 2.05) is 18.2 Å². The summed E-state index contributed by atoms with van der Waals surface area (Å²) in [5, 5.41) is 0. The van der Waals surface area contributed by atoms with Crippen LogP contribution >= 0.6 is 21.6 Å². The van der Waals surface area contributed by atoms with Gasteiger partial charge in [0.1, 0.15) is 0 Å². The number of rotatable bonds is 7. The second kappa shape index (κ2) is 11.1. The molecule has 1 unspecified atom stereocenters. The maximum atomic E-state index is 10.2. The molecule has 0 aliphatic rings. The number of benzene rings is 1. The standard InChI is InChI=1S/C10H14O2S3.Na/c11-15(12)9-5-4-8-13-14-10-6-2-1-3-7-10;/h1-3,6-7H,4-5,8-9H2,(H,11,12);/q;+1/p-1. The summed E-state index contributed by atoms with van der Waals surface area (Å²) in [6.45, 7) is 0. The van der Waals surface area contributed by atoms with Crippen molar-refractivity contribution in [3.05, 3.63) is 30.3 Å². The van der Waals surface area contributed by atoms with Crippen molar-refractivity contribution in [1.29, 1.82) is 0 Å². The summed E-state index contributed by atoms with van der Waals surface area (Å²) in [5.74, 6) is 1.29. The molecule has 0 amide bonds. The van der Waals surface area contributed by atoms with Crippen LogP contribution in [0.1, 0.15) is 12.8 Å². The van der Waals surface area contributed by atoms with Crippen LogP contribution in [0.25, 0.3) is 0 Å². The number of hydrogen-bond donors (Lipinski definition) is 0. The first kappa shape index (κ1) is 17.0. The van der Waals surface area contributed by atoms with E-state index in [1.165, 1.54) is 4.90 Å². The zero-order valence-electron chi connectivity index (χ0n) is 9.26. The summed E-state index contributed by atoms with van der Waals surface area (Å²) in [7, 11) is 3.52. The van der Waals surface area contributed by atoms with E-state index >= 15 is 0 Å². The van der Waals surface area contributed by atoms with Gasteiger partial charge in [-0.15, -0.1) is 0 Å². The van der Waals surface area contributed by atoms with Gasteiger partial charge in [-0.2, -0.15) is 0 Å². The van der Waals surface area contributed by atoms with Crippen LogP contribution in [0, 0.1) is 0 Å². The van der Waals surface area contributed by atoms with E-state index in [2.05, 4.69) is 12.1 Å². The second-order valence-electron chi connectivity index (χ2n) is 2.93. The molecule has 0 aliphatic carbocycles. The number of unbranched alkanes of at least 4 members (excludes halogenated alkanes) is 1. The third-order valence-electron chi connectivity index (χ3n) is 1.69. The minimum absolute atomic E-state index is 0. The minimum Gasteiger partial charge on any atom is -0.772 e. The number of hydrogen-bond acceptors (Lipinski definition) is 4. The Bertz CT molecular complexity index is 295. The summed E-state index contributed by atoms with van der Waals surface area (Å²) < 4.78 is 20.5. The maximum Gasteiger partial charge on any atom is 1.00 e. The summed E-state index contributed by atoms with van der Waals surface area (Å²) in [4.78, 5) is 1.25. The van der Waals surface area contributed by atoms with Gasteiger partial charge in [0.05, 0.1) is 0 Å². The van der Waals surface area contributed by atoms with E-state index in [9.17, 15) is 8.76 Å². The van der Waals surface area contributed by atoms with Crippen molar-refractivity contribution in [2.75, 3.05) is 11.5 Å². The molecule has 16 heavy (non-hydrogen) atoms. The molecule has 0 radical (unpaired) electrons. The van der Waals surface area contributed by atoms with Crippen molar-refractivity contribution in [3.63, 3.8) is 0 Å². The molecule has 1 aromatic carbocycles. The van der Waals surface area contributed by atoms with Crippen LogP contribution in [0.5, 0.6) is 0 Å².